The van der Waals surface area contributed by atoms with E-state index < -0.39 is 0 Å². The van der Waals surface area contributed by atoms with Crippen LogP contribution < -0.4 is 4.74 Å². The SMILES string of the molecule is CCCCCCCCOc1ccc(-c2ccc([C@H]3OC[C@H](CCCCCCCC)CO3)cc2)cc1F. The second-order valence-corrected chi connectivity index (χ2v) is 10.3. The molecule has 0 amide bonds. The van der Waals surface area contributed by atoms with E-state index in [1.165, 1.54) is 70.6 Å². The second-order valence-electron chi connectivity index (χ2n) is 10.3. The number of hydrogen-bond donors (Lipinski definition) is 0. The van der Waals surface area contributed by atoms with Crippen LogP contribution in [0.2, 0.25) is 0 Å². The number of unbranched alkanes of at least 4 members (excludes halogenated alkanes) is 10. The molecule has 200 valence electrons. The third kappa shape index (κ3) is 9.86. The second kappa shape index (κ2) is 16.8. The molecular weight excluding hydrogens is 451 g/mol. The molecule has 1 heterocycles. The van der Waals surface area contributed by atoms with Gasteiger partial charge in [-0.2, -0.15) is 0 Å². The fourth-order valence-electron chi connectivity index (χ4n) is 4.81. The molecule has 1 saturated heterocycles. The average Bonchev–Trinajstić information content (AvgIpc) is 2.91. The molecule has 0 atom stereocenters. The number of benzene rings is 2. The zero-order chi connectivity index (χ0) is 25.4. The van der Waals surface area contributed by atoms with E-state index >= 15 is 0 Å². The summed E-state index contributed by atoms with van der Waals surface area (Å²) in [4.78, 5) is 0. The maximum absolute atomic E-state index is 14.6. The standard InChI is InChI=1S/C32H47FO3/c1-3-5-7-9-11-13-15-26-24-35-32(36-25-26)28-18-16-27(17-19-28)29-20-21-31(30(33)23-29)34-22-14-12-10-8-6-4-2/h16-21,23,26,32H,3-15,22,24-25H2,1-2H3/t26-,32-. The Morgan fingerprint density at radius 1 is 0.722 bits per heavy atom. The first-order valence-electron chi connectivity index (χ1n) is 14.5. The summed E-state index contributed by atoms with van der Waals surface area (Å²) in [7, 11) is 0. The van der Waals surface area contributed by atoms with Gasteiger partial charge in [0.05, 0.1) is 19.8 Å². The Kier molecular flexibility index (Phi) is 13.3. The Bertz CT molecular complexity index is 843. The number of hydrogen-bond acceptors (Lipinski definition) is 3. The van der Waals surface area contributed by atoms with Crippen LogP contribution in [0.15, 0.2) is 42.5 Å². The van der Waals surface area contributed by atoms with Crippen molar-refractivity contribution in [3.8, 4) is 16.9 Å². The summed E-state index contributed by atoms with van der Waals surface area (Å²) >= 11 is 0. The Hall–Kier alpha value is -1.91. The third-order valence-electron chi connectivity index (χ3n) is 7.14. The molecule has 1 fully saturated rings. The van der Waals surface area contributed by atoms with Gasteiger partial charge in [0.2, 0.25) is 0 Å². The van der Waals surface area contributed by atoms with Gasteiger partial charge in [-0.15, -0.1) is 0 Å². The predicted octanol–water partition coefficient (Wildman–Crippen LogP) is 9.64. The van der Waals surface area contributed by atoms with Crippen LogP contribution in [0, 0.1) is 11.7 Å². The maximum Gasteiger partial charge on any atom is 0.183 e. The van der Waals surface area contributed by atoms with Crippen molar-refractivity contribution in [2.45, 2.75) is 104 Å². The lowest BCUT2D eigenvalue weighted by atomic mass is 10.0. The zero-order valence-electron chi connectivity index (χ0n) is 22.6. The van der Waals surface area contributed by atoms with E-state index in [0.29, 0.717) is 18.3 Å². The Labute approximate surface area is 218 Å². The van der Waals surface area contributed by atoms with Gasteiger partial charge in [0, 0.05) is 11.5 Å². The molecule has 3 rings (SSSR count). The van der Waals surface area contributed by atoms with Gasteiger partial charge in [0.15, 0.2) is 17.9 Å². The first-order valence-corrected chi connectivity index (χ1v) is 14.5. The minimum atomic E-state index is -0.311. The Morgan fingerprint density at radius 2 is 1.31 bits per heavy atom. The number of rotatable bonds is 17. The highest BCUT2D eigenvalue weighted by atomic mass is 19.1. The van der Waals surface area contributed by atoms with Crippen LogP contribution in [0.25, 0.3) is 11.1 Å². The normalized spacial score (nSPS) is 17.9. The van der Waals surface area contributed by atoms with Crippen LogP contribution in [0.5, 0.6) is 5.75 Å². The summed E-state index contributed by atoms with van der Waals surface area (Å²) in [5, 5.41) is 0. The molecule has 0 aromatic heterocycles. The van der Waals surface area contributed by atoms with Crippen molar-refractivity contribution < 1.29 is 18.6 Å². The molecule has 36 heavy (non-hydrogen) atoms. The van der Waals surface area contributed by atoms with Gasteiger partial charge in [0.1, 0.15) is 0 Å². The van der Waals surface area contributed by atoms with Gasteiger partial charge in [-0.25, -0.2) is 4.39 Å². The van der Waals surface area contributed by atoms with Crippen molar-refractivity contribution in [1.82, 2.24) is 0 Å². The van der Waals surface area contributed by atoms with Gasteiger partial charge in [0.25, 0.3) is 0 Å². The molecule has 3 nitrogen and oxygen atoms in total. The lowest BCUT2D eigenvalue weighted by molar-refractivity contribution is -0.206. The largest absolute Gasteiger partial charge is 0.491 e. The monoisotopic (exact) mass is 498 g/mol. The summed E-state index contributed by atoms with van der Waals surface area (Å²) in [5.74, 6) is 0.526. The van der Waals surface area contributed by atoms with Crippen molar-refractivity contribution in [3.05, 3.63) is 53.8 Å². The summed E-state index contributed by atoms with van der Waals surface area (Å²) in [6.07, 6.45) is 15.9. The zero-order valence-corrected chi connectivity index (χ0v) is 22.6. The molecule has 0 spiro atoms. The van der Waals surface area contributed by atoms with Crippen molar-refractivity contribution in [2.24, 2.45) is 5.92 Å². The quantitative estimate of drug-likeness (QED) is 0.203. The van der Waals surface area contributed by atoms with E-state index in [0.717, 1.165) is 42.7 Å². The predicted molar refractivity (Wildman–Crippen MR) is 147 cm³/mol. The minimum absolute atomic E-state index is 0.307. The average molecular weight is 499 g/mol. The topological polar surface area (TPSA) is 27.7 Å². The van der Waals surface area contributed by atoms with Crippen LogP contribution in [0.1, 0.15) is 109 Å². The summed E-state index contributed by atoms with van der Waals surface area (Å²) < 4.78 is 32.4. The molecule has 0 unspecified atom stereocenters. The smallest absolute Gasteiger partial charge is 0.183 e. The fraction of sp³-hybridized carbons (Fsp3) is 0.625. The molecule has 4 heteroatoms. The van der Waals surface area contributed by atoms with Crippen LogP contribution in [-0.4, -0.2) is 19.8 Å². The van der Waals surface area contributed by atoms with E-state index in [4.69, 9.17) is 14.2 Å². The minimum Gasteiger partial charge on any atom is -0.491 e. The highest BCUT2D eigenvalue weighted by Gasteiger charge is 2.23. The van der Waals surface area contributed by atoms with Crippen LogP contribution >= 0.6 is 0 Å². The fourth-order valence-corrected chi connectivity index (χ4v) is 4.81. The molecule has 1 aliphatic rings. The molecule has 0 saturated carbocycles. The van der Waals surface area contributed by atoms with E-state index in [1.54, 1.807) is 12.1 Å². The maximum atomic E-state index is 14.6. The molecule has 0 N–H and O–H groups in total. The first kappa shape index (κ1) is 28.7. The molecule has 0 radical (unpaired) electrons. The van der Waals surface area contributed by atoms with Crippen molar-refractivity contribution in [1.29, 1.82) is 0 Å². The Morgan fingerprint density at radius 3 is 1.94 bits per heavy atom. The lowest BCUT2D eigenvalue weighted by Crippen LogP contribution is -2.27. The summed E-state index contributed by atoms with van der Waals surface area (Å²) in [5.41, 5.74) is 2.82. The molecule has 1 aliphatic heterocycles. The number of halogens is 1. The molecule has 0 bridgehead atoms. The third-order valence-corrected chi connectivity index (χ3v) is 7.14. The van der Waals surface area contributed by atoms with E-state index in [2.05, 4.69) is 13.8 Å². The highest BCUT2D eigenvalue weighted by molar-refractivity contribution is 5.64. The van der Waals surface area contributed by atoms with Crippen LogP contribution in [0.4, 0.5) is 4.39 Å². The Balaban J connectivity index is 1.40. The molecule has 2 aromatic rings. The number of ether oxygens (including phenoxy) is 3. The van der Waals surface area contributed by atoms with Crippen molar-refractivity contribution >= 4 is 0 Å². The molecule has 0 aliphatic carbocycles. The van der Waals surface area contributed by atoms with Crippen molar-refractivity contribution in [3.63, 3.8) is 0 Å². The van der Waals surface area contributed by atoms with Gasteiger partial charge >= 0.3 is 0 Å². The van der Waals surface area contributed by atoms with Crippen molar-refractivity contribution in [2.75, 3.05) is 19.8 Å². The van der Waals surface area contributed by atoms with Crippen LogP contribution in [-0.2, 0) is 9.47 Å². The van der Waals surface area contributed by atoms with Gasteiger partial charge in [-0.3, -0.25) is 0 Å². The lowest BCUT2D eigenvalue weighted by Gasteiger charge is -2.29. The van der Waals surface area contributed by atoms with Gasteiger partial charge < -0.3 is 14.2 Å². The van der Waals surface area contributed by atoms with Gasteiger partial charge in [-0.1, -0.05) is 115 Å². The summed E-state index contributed by atoms with van der Waals surface area (Å²) in [6, 6.07) is 13.3. The van der Waals surface area contributed by atoms with Gasteiger partial charge in [-0.05, 0) is 36.1 Å². The molecule has 2 aromatic carbocycles. The van der Waals surface area contributed by atoms with Crippen LogP contribution in [0.3, 0.4) is 0 Å². The van der Waals surface area contributed by atoms with E-state index in [1.807, 2.05) is 30.3 Å². The van der Waals surface area contributed by atoms with E-state index in [-0.39, 0.29) is 12.1 Å². The van der Waals surface area contributed by atoms with E-state index in [9.17, 15) is 4.39 Å². The first-order chi connectivity index (χ1) is 17.7. The molecular formula is C32H47FO3. The summed E-state index contributed by atoms with van der Waals surface area (Å²) in [6.45, 7) is 6.55. The highest BCUT2D eigenvalue weighted by Crippen LogP contribution is 2.30.